The number of esters is 1. The molecule has 4 heteroatoms. The van der Waals surface area contributed by atoms with Crippen molar-refractivity contribution in [2.45, 2.75) is 26.2 Å². The Labute approximate surface area is 119 Å². The van der Waals surface area contributed by atoms with E-state index in [1.54, 1.807) is 0 Å². The van der Waals surface area contributed by atoms with Gasteiger partial charge >= 0.3 is 5.97 Å². The molecule has 0 amide bonds. The molecule has 104 valence electrons. The summed E-state index contributed by atoms with van der Waals surface area (Å²) in [6.07, 6.45) is 2.34. The van der Waals surface area contributed by atoms with E-state index < -0.39 is 5.41 Å². The van der Waals surface area contributed by atoms with Gasteiger partial charge in [0.1, 0.15) is 0 Å². The number of rotatable bonds is 4. The van der Waals surface area contributed by atoms with Crippen LogP contribution in [0.2, 0.25) is 5.02 Å². The van der Waals surface area contributed by atoms with E-state index in [-0.39, 0.29) is 5.97 Å². The van der Waals surface area contributed by atoms with Crippen molar-refractivity contribution in [3.05, 3.63) is 34.9 Å². The fraction of sp³-hybridized carbons (Fsp3) is 0.533. The van der Waals surface area contributed by atoms with Crippen LogP contribution in [0.5, 0.6) is 0 Å². The first-order valence-electron chi connectivity index (χ1n) is 6.79. The van der Waals surface area contributed by atoms with Gasteiger partial charge in [-0.2, -0.15) is 0 Å². The summed E-state index contributed by atoms with van der Waals surface area (Å²) >= 11 is 6.02. The average molecular weight is 282 g/mol. The highest BCUT2D eigenvalue weighted by Crippen LogP contribution is 2.35. The van der Waals surface area contributed by atoms with Gasteiger partial charge in [0.05, 0.1) is 12.0 Å². The lowest BCUT2D eigenvalue weighted by Gasteiger charge is -2.35. The molecular weight excluding hydrogens is 262 g/mol. The van der Waals surface area contributed by atoms with Gasteiger partial charge in [0, 0.05) is 5.02 Å². The van der Waals surface area contributed by atoms with Crippen LogP contribution in [0.15, 0.2) is 24.3 Å². The van der Waals surface area contributed by atoms with Crippen LogP contribution in [0, 0.1) is 5.41 Å². The lowest BCUT2D eigenvalue weighted by molar-refractivity contribution is -0.157. The van der Waals surface area contributed by atoms with Crippen molar-refractivity contribution in [2.75, 3.05) is 19.7 Å². The highest BCUT2D eigenvalue weighted by Gasteiger charge is 2.40. The maximum Gasteiger partial charge on any atom is 0.312 e. The molecule has 1 aliphatic rings. The van der Waals surface area contributed by atoms with E-state index in [1.807, 2.05) is 31.2 Å². The van der Waals surface area contributed by atoms with Gasteiger partial charge in [0.2, 0.25) is 0 Å². The van der Waals surface area contributed by atoms with Crippen molar-refractivity contribution in [3.8, 4) is 0 Å². The molecule has 0 unspecified atom stereocenters. The lowest BCUT2D eigenvalue weighted by Crippen LogP contribution is -2.44. The van der Waals surface area contributed by atoms with Gasteiger partial charge in [0.25, 0.3) is 0 Å². The van der Waals surface area contributed by atoms with E-state index in [0.717, 1.165) is 31.5 Å². The van der Waals surface area contributed by atoms with Gasteiger partial charge in [-0.1, -0.05) is 23.7 Å². The molecule has 0 radical (unpaired) electrons. The quantitative estimate of drug-likeness (QED) is 0.863. The van der Waals surface area contributed by atoms with Crippen LogP contribution < -0.4 is 5.32 Å². The summed E-state index contributed by atoms with van der Waals surface area (Å²) in [5, 5.41) is 4.01. The van der Waals surface area contributed by atoms with Crippen molar-refractivity contribution in [1.82, 2.24) is 5.32 Å². The molecule has 3 nitrogen and oxygen atoms in total. The third-order valence-corrected chi connectivity index (χ3v) is 3.94. The maximum absolute atomic E-state index is 12.3. The predicted molar refractivity (Wildman–Crippen MR) is 76.3 cm³/mol. The molecule has 1 N–H and O–H groups in total. The minimum atomic E-state index is -0.397. The molecule has 1 saturated heterocycles. The zero-order valence-electron chi connectivity index (χ0n) is 11.2. The van der Waals surface area contributed by atoms with Gasteiger partial charge in [-0.05, 0) is 57.0 Å². The molecular formula is C15H20ClNO2. The number of carbonyl (C=O) groups excluding carboxylic acids is 1. The van der Waals surface area contributed by atoms with Gasteiger partial charge in [-0.25, -0.2) is 0 Å². The normalized spacial score (nSPS) is 18.0. The van der Waals surface area contributed by atoms with E-state index in [4.69, 9.17) is 16.3 Å². The fourth-order valence-electron chi connectivity index (χ4n) is 2.68. The van der Waals surface area contributed by atoms with Crippen LogP contribution in [-0.4, -0.2) is 25.7 Å². The molecule has 0 atom stereocenters. The Morgan fingerprint density at radius 1 is 1.42 bits per heavy atom. The second-order valence-electron chi connectivity index (χ2n) is 5.06. The van der Waals surface area contributed by atoms with E-state index in [9.17, 15) is 4.79 Å². The van der Waals surface area contributed by atoms with E-state index in [1.165, 1.54) is 0 Å². The van der Waals surface area contributed by atoms with Crippen molar-refractivity contribution < 1.29 is 9.53 Å². The maximum atomic E-state index is 12.3. The molecule has 1 aromatic rings. The van der Waals surface area contributed by atoms with Crippen LogP contribution in [0.4, 0.5) is 0 Å². The smallest absolute Gasteiger partial charge is 0.312 e. The van der Waals surface area contributed by atoms with E-state index >= 15 is 0 Å². The second kappa shape index (κ2) is 6.40. The number of nitrogens with one attached hydrogen (secondary N) is 1. The minimum Gasteiger partial charge on any atom is -0.466 e. The SMILES string of the molecule is CCOC(=O)C1(Cc2cccc(Cl)c2)CCNCC1. The summed E-state index contributed by atoms with van der Waals surface area (Å²) in [5.74, 6) is -0.0727. The molecule has 19 heavy (non-hydrogen) atoms. The minimum absolute atomic E-state index is 0.0727. The molecule has 0 spiro atoms. The summed E-state index contributed by atoms with van der Waals surface area (Å²) in [5.41, 5.74) is 0.703. The zero-order valence-corrected chi connectivity index (χ0v) is 12.0. The van der Waals surface area contributed by atoms with Gasteiger partial charge in [-0.15, -0.1) is 0 Å². The van der Waals surface area contributed by atoms with Crippen molar-refractivity contribution in [2.24, 2.45) is 5.41 Å². The Morgan fingerprint density at radius 3 is 2.79 bits per heavy atom. The molecule has 1 fully saturated rings. The Balaban J connectivity index is 2.20. The number of benzene rings is 1. The highest BCUT2D eigenvalue weighted by atomic mass is 35.5. The lowest BCUT2D eigenvalue weighted by atomic mass is 9.74. The highest BCUT2D eigenvalue weighted by molar-refractivity contribution is 6.30. The zero-order chi connectivity index (χ0) is 13.7. The molecule has 1 heterocycles. The fourth-order valence-corrected chi connectivity index (χ4v) is 2.89. The summed E-state index contributed by atoms with van der Waals surface area (Å²) < 4.78 is 5.29. The third kappa shape index (κ3) is 3.48. The summed E-state index contributed by atoms with van der Waals surface area (Å²) in [6.45, 7) is 4.01. The van der Waals surface area contributed by atoms with Crippen LogP contribution >= 0.6 is 11.6 Å². The van der Waals surface area contributed by atoms with Gasteiger partial charge in [-0.3, -0.25) is 4.79 Å². The summed E-state index contributed by atoms with van der Waals surface area (Å²) in [6, 6.07) is 7.74. The van der Waals surface area contributed by atoms with Gasteiger partial charge < -0.3 is 10.1 Å². The largest absolute Gasteiger partial charge is 0.466 e. The molecule has 0 aromatic heterocycles. The van der Waals surface area contributed by atoms with Gasteiger partial charge in [0.15, 0.2) is 0 Å². The topological polar surface area (TPSA) is 38.3 Å². The van der Waals surface area contributed by atoms with Crippen molar-refractivity contribution in [1.29, 1.82) is 0 Å². The number of carbonyl (C=O) groups is 1. The third-order valence-electron chi connectivity index (χ3n) is 3.70. The van der Waals surface area contributed by atoms with Crippen LogP contribution in [0.25, 0.3) is 0 Å². The summed E-state index contributed by atoms with van der Waals surface area (Å²) in [4.78, 5) is 12.3. The number of hydrogen-bond donors (Lipinski definition) is 1. The Morgan fingerprint density at radius 2 is 2.16 bits per heavy atom. The standard InChI is InChI=1S/C15H20ClNO2/c1-2-19-14(18)15(6-8-17-9-7-15)11-12-4-3-5-13(16)10-12/h3-5,10,17H,2,6-9,11H2,1H3. The summed E-state index contributed by atoms with van der Waals surface area (Å²) in [7, 11) is 0. The van der Waals surface area contributed by atoms with Crippen LogP contribution in [-0.2, 0) is 16.0 Å². The monoisotopic (exact) mass is 281 g/mol. The molecule has 1 aromatic carbocycles. The van der Waals surface area contributed by atoms with Crippen molar-refractivity contribution >= 4 is 17.6 Å². The number of halogens is 1. The number of piperidine rings is 1. The molecule has 0 aliphatic carbocycles. The number of hydrogen-bond acceptors (Lipinski definition) is 3. The molecule has 1 aliphatic heterocycles. The predicted octanol–water partition coefficient (Wildman–Crippen LogP) is 2.82. The van der Waals surface area contributed by atoms with E-state index in [0.29, 0.717) is 18.1 Å². The Bertz CT molecular complexity index is 442. The Kier molecular flexibility index (Phi) is 4.83. The molecule has 0 saturated carbocycles. The first kappa shape index (κ1) is 14.4. The molecule has 0 bridgehead atoms. The first-order valence-corrected chi connectivity index (χ1v) is 7.16. The Hall–Kier alpha value is -1.06. The van der Waals surface area contributed by atoms with Crippen molar-refractivity contribution in [3.63, 3.8) is 0 Å². The average Bonchev–Trinajstić information content (AvgIpc) is 2.40. The first-order chi connectivity index (χ1) is 9.16. The van der Waals surface area contributed by atoms with Crippen LogP contribution in [0.3, 0.4) is 0 Å². The van der Waals surface area contributed by atoms with Crippen LogP contribution in [0.1, 0.15) is 25.3 Å². The number of ether oxygens (including phenoxy) is 1. The van der Waals surface area contributed by atoms with E-state index in [2.05, 4.69) is 5.32 Å². The molecule has 2 rings (SSSR count). The second-order valence-corrected chi connectivity index (χ2v) is 5.49.